The van der Waals surface area contributed by atoms with Gasteiger partial charge < -0.3 is 33.2 Å². The molecule has 1 heterocycles. The van der Waals surface area contributed by atoms with Crippen molar-refractivity contribution in [2.45, 2.75) is 25.4 Å². The molecule has 0 N–H and O–H groups in total. The fraction of sp³-hybridized carbons (Fsp3) is 0.367. The van der Waals surface area contributed by atoms with Crippen molar-refractivity contribution in [2.75, 3.05) is 47.6 Å². The number of hydrogen-bond acceptors (Lipinski definition) is 8. The van der Waals surface area contributed by atoms with Crippen LogP contribution in [0.4, 0.5) is 0 Å². The molecule has 2 atom stereocenters. The number of pyridine rings is 1. The van der Waals surface area contributed by atoms with Crippen LogP contribution in [0.5, 0.6) is 5.75 Å². The van der Waals surface area contributed by atoms with E-state index < -0.39 is 0 Å². The first-order chi connectivity index (χ1) is 18.7. The van der Waals surface area contributed by atoms with E-state index in [0.29, 0.717) is 25.6 Å². The van der Waals surface area contributed by atoms with E-state index in [9.17, 15) is 0 Å². The molecule has 204 valence electrons. The highest BCUT2D eigenvalue weighted by Gasteiger charge is 2.15. The van der Waals surface area contributed by atoms with Crippen molar-refractivity contribution in [2.24, 2.45) is 0 Å². The van der Waals surface area contributed by atoms with Gasteiger partial charge in [-0.15, -0.1) is 0 Å². The average molecular weight is 524 g/mol. The maximum absolute atomic E-state index is 6.00. The van der Waals surface area contributed by atoms with Crippen LogP contribution in [-0.2, 0) is 41.6 Å². The Labute approximate surface area is 225 Å². The number of rotatable bonds is 19. The average Bonchev–Trinajstić information content (AvgIpc) is 2.96. The van der Waals surface area contributed by atoms with E-state index in [1.807, 2.05) is 72.8 Å². The van der Waals surface area contributed by atoms with Crippen molar-refractivity contribution in [3.8, 4) is 5.75 Å². The van der Waals surface area contributed by atoms with Crippen LogP contribution in [0.3, 0.4) is 0 Å². The molecular weight excluding hydrogens is 486 g/mol. The summed E-state index contributed by atoms with van der Waals surface area (Å²) in [6, 6.07) is 23.5. The Morgan fingerprint density at radius 1 is 0.737 bits per heavy atom. The van der Waals surface area contributed by atoms with Crippen LogP contribution < -0.4 is 4.74 Å². The molecule has 8 heteroatoms. The molecule has 0 saturated heterocycles. The van der Waals surface area contributed by atoms with Gasteiger partial charge in [0, 0.05) is 26.4 Å². The molecule has 0 unspecified atom stereocenters. The first kappa shape index (κ1) is 29.4. The third kappa shape index (κ3) is 10.3. The number of aromatic nitrogens is 1. The van der Waals surface area contributed by atoms with Crippen LogP contribution in [-0.4, -0.2) is 52.6 Å². The lowest BCUT2D eigenvalue weighted by Gasteiger charge is -2.19. The van der Waals surface area contributed by atoms with E-state index in [4.69, 9.17) is 38.1 Å². The second kappa shape index (κ2) is 17.4. The SMILES string of the molecule is C=CCOc1cc(COC[C@@H](OCOC)c2ccccc2)nc(COC[C@@H](OCOC)c2ccccc2)c1. The predicted octanol–water partition coefficient (Wildman–Crippen LogP) is 5.40. The zero-order valence-electron chi connectivity index (χ0n) is 22.1. The Hall–Kier alpha value is -3.11. The molecular formula is C30H37NO7. The van der Waals surface area contributed by atoms with Gasteiger partial charge in [0.05, 0.1) is 37.8 Å². The van der Waals surface area contributed by atoms with Gasteiger partial charge in [0.25, 0.3) is 0 Å². The molecule has 2 aromatic carbocycles. The van der Waals surface area contributed by atoms with Crippen molar-refractivity contribution >= 4 is 0 Å². The molecule has 0 aliphatic rings. The summed E-state index contributed by atoms with van der Waals surface area (Å²) in [6.45, 7) is 5.69. The van der Waals surface area contributed by atoms with Crippen molar-refractivity contribution in [1.82, 2.24) is 4.98 Å². The lowest BCUT2D eigenvalue weighted by Crippen LogP contribution is -2.15. The Morgan fingerprint density at radius 3 is 1.63 bits per heavy atom. The topological polar surface area (TPSA) is 77.5 Å². The molecule has 8 nitrogen and oxygen atoms in total. The van der Waals surface area contributed by atoms with Crippen molar-refractivity contribution < 1.29 is 33.2 Å². The van der Waals surface area contributed by atoms with Gasteiger partial charge in [-0.05, 0) is 11.1 Å². The first-order valence-electron chi connectivity index (χ1n) is 12.4. The Balaban J connectivity index is 1.62. The quantitative estimate of drug-likeness (QED) is 0.153. The van der Waals surface area contributed by atoms with Gasteiger partial charge in [-0.25, -0.2) is 0 Å². The van der Waals surface area contributed by atoms with Gasteiger partial charge >= 0.3 is 0 Å². The molecule has 38 heavy (non-hydrogen) atoms. The highest BCUT2D eigenvalue weighted by atomic mass is 16.7. The Morgan fingerprint density at radius 2 is 1.21 bits per heavy atom. The molecule has 3 aromatic rings. The molecule has 0 aliphatic heterocycles. The van der Waals surface area contributed by atoms with E-state index in [-0.39, 0.29) is 39.0 Å². The van der Waals surface area contributed by atoms with Gasteiger partial charge in [0.2, 0.25) is 0 Å². The zero-order chi connectivity index (χ0) is 26.8. The second-order valence-electron chi connectivity index (χ2n) is 8.36. The lowest BCUT2D eigenvalue weighted by molar-refractivity contribution is -0.102. The second-order valence-corrected chi connectivity index (χ2v) is 8.36. The normalized spacial score (nSPS) is 12.7. The lowest BCUT2D eigenvalue weighted by atomic mass is 10.1. The van der Waals surface area contributed by atoms with Crippen molar-refractivity contribution in [3.05, 3.63) is 108 Å². The van der Waals surface area contributed by atoms with Crippen molar-refractivity contribution in [1.29, 1.82) is 0 Å². The maximum atomic E-state index is 6.00. The summed E-state index contributed by atoms with van der Waals surface area (Å²) in [5.74, 6) is 0.669. The Kier molecular flexibility index (Phi) is 13.5. The van der Waals surface area contributed by atoms with Crippen LogP contribution in [0.25, 0.3) is 0 Å². The molecule has 0 amide bonds. The summed E-state index contributed by atoms with van der Waals surface area (Å²) in [5.41, 5.74) is 3.47. The highest BCUT2D eigenvalue weighted by Crippen LogP contribution is 2.21. The zero-order valence-corrected chi connectivity index (χ0v) is 22.1. The molecule has 0 radical (unpaired) electrons. The number of benzene rings is 2. The van der Waals surface area contributed by atoms with E-state index >= 15 is 0 Å². The maximum Gasteiger partial charge on any atom is 0.147 e. The number of methoxy groups -OCH3 is 2. The van der Waals surface area contributed by atoms with Crippen LogP contribution in [0.2, 0.25) is 0 Å². The number of hydrogen-bond donors (Lipinski definition) is 0. The summed E-state index contributed by atoms with van der Waals surface area (Å²) >= 11 is 0. The van der Waals surface area contributed by atoms with E-state index in [2.05, 4.69) is 6.58 Å². The molecule has 0 aliphatic carbocycles. The number of nitrogens with zero attached hydrogens (tertiary/aromatic N) is 1. The first-order valence-corrected chi connectivity index (χ1v) is 12.4. The van der Waals surface area contributed by atoms with Crippen LogP contribution in [0.1, 0.15) is 34.7 Å². The Bertz CT molecular complexity index is 973. The fourth-order valence-corrected chi connectivity index (χ4v) is 3.66. The summed E-state index contributed by atoms with van der Waals surface area (Å²) < 4.78 is 39.6. The summed E-state index contributed by atoms with van der Waals surface area (Å²) in [7, 11) is 3.19. The molecule has 0 bridgehead atoms. The molecule has 0 fully saturated rings. The van der Waals surface area contributed by atoms with Gasteiger partial charge in [-0.3, -0.25) is 4.98 Å². The molecule has 3 rings (SSSR count). The van der Waals surface area contributed by atoms with Crippen LogP contribution in [0, 0.1) is 0 Å². The summed E-state index contributed by atoms with van der Waals surface area (Å²) in [5, 5.41) is 0. The standard InChI is InChI=1S/C30H37NO7/c1-4-15-36-28-16-26(18-34-20-29(37-22-32-2)24-11-7-5-8-12-24)31-27(17-28)19-35-21-30(38-23-33-3)25-13-9-6-10-14-25/h4-14,16-17,29-30H,1,15,18-23H2,2-3H3/t29-,30-/m1/s1. The van der Waals surface area contributed by atoms with Crippen molar-refractivity contribution in [3.63, 3.8) is 0 Å². The van der Waals surface area contributed by atoms with Gasteiger partial charge in [-0.2, -0.15) is 0 Å². The molecule has 0 saturated carbocycles. The number of ether oxygens (including phenoxy) is 7. The van der Waals surface area contributed by atoms with E-state index in [1.54, 1.807) is 20.3 Å². The summed E-state index contributed by atoms with van der Waals surface area (Å²) in [6.07, 6.45) is 1.17. The predicted molar refractivity (Wildman–Crippen MR) is 144 cm³/mol. The van der Waals surface area contributed by atoms with Crippen LogP contribution >= 0.6 is 0 Å². The molecule has 0 spiro atoms. The van der Waals surface area contributed by atoms with Gasteiger partial charge in [0.1, 0.15) is 38.2 Å². The third-order valence-corrected chi connectivity index (χ3v) is 5.43. The van der Waals surface area contributed by atoms with E-state index in [0.717, 1.165) is 22.5 Å². The van der Waals surface area contributed by atoms with Gasteiger partial charge in [0.15, 0.2) is 0 Å². The third-order valence-electron chi connectivity index (χ3n) is 5.43. The van der Waals surface area contributed by atoms with Crippen LogP contribution in [0.15, 0.2) is 85.5 Å². The smallest absolute Gasteiger partial charge is 0.147 e. The minimum Gasteiger partial charge on any atom is -0.489 e. The highest BCUT2D eigenvalue weighted by molar-refractivity contribution is 5.27. The minimum absolute atomic E-state index is 0.172. The molecule has 1 aromatic heterocycles. The largest absolute Gasteiger partial charge is 0.489 e. The fourth-order valence-electron chi connectivity index (χ4n) is 3.66. The van der Waals surface area contributed by atoms with Gasteiger partial charge in [-0.1, -0.05) is 73.3 Å². The minimum atomic E-state index is -0.263. The monoisotopic (exact) mass is 523 g/mol. The summed E-state index contributed by atoms with van der Waals surface area (Å²) in [4.78, 5) is 4.72. The van der Waals surface area contributed by atoms with E-state index in [1.165, 1.54) is 0 Å².